The molecule has 1 heterocycles. The summed E-state index contributed by atoms with van der Waals surface area (Å²) in [6, 6.07) is 0. The molecule has 4 heteroatoms. The van der Waals surface area contributed by atoms with Crippen LogP contribution in [0.15, 0.2) is 18.7 Å². The van der Waals surface area contributed by atoms with Crippen LogP contribution in [0, 0.1) is 0 Å². The van der Waals surface area contributed by atoms with Gasteiger partial charge in [-0.05, 0) is 6.32 Å². The van der Waals surface area contributed by atoms with Gasteiger partial charge in [0.05, 0.1) is 6.20 Å². The van der Waals surface area contributed by atoms with Crippen molar-refractivity contribution >= 4 is 14.8 Å². The molecule has 0 atom stereocenters. The van der Waals surface area contributed by atoms with Crippen molar-refractivity contribution in [1.82, 2.24) is 4.48 Å². The molecule has 0 aliphatic carbocycles. The lowest BCUT2D eigenvalue weighted by atomic mass is 9.90. The first kappa shape index (κ1) is 8.44. The highest BCUT2D eigenvalue weighted by Gasteiger charge is 1.98. The lowest BCUT2D eigenvalue weighted by molar-refractivity contribution is -0.528. The first-order valence-corrected chi connectivity index (χ1v) is 4.60. The van der Waals surface area contributed by atoms with E-state index in [1.54, 1.807) is 0 Å². The molecule has 0 aliphatic heterocycles. The summed E-state index contributed by atoms with van der Waals surface area (Å²) in [6.07, 6.45) is 8.87. The summed E-state index contributed by atoms with van der Waals surface area (Å²) in [4.78, 5) is 0. The first-order chi connectivity index (χ1) is 5.36. The fraction of sp³-hybridized carbons (Fsp3) is 0.571. The van der Waals surface area contributed by atoms with Gasteiger partial charge >= 0.3 is 7.41 Å². The molecule has 1 radical (unpaired) electrons. The minimum absolute atomic E-state index is 0.0924. The van der Waals surface area contributed by atoms with Gasteiger partial charge in [-0.3, -0.25) is 0 Å². The summed E-state index contributed by atoms with van der Waals surface area (Å²) in [5.41, 5.74) is 0. The number of imidazole rings is 1. The molecule has 1 rings (SSSR count). The van der Waals surface area contributed by atoms with E-state index in [0.29, 0.717) is 0 Å². The molecule has 1 aromatic rings. The molecule has 11 heavy (non-hydrogen) atoms. The van der Waals surface area contributed by atoms with Gasteiger partial charge < -0.3 is 8.96 Å². The Kier molecular flexibility index (Phi) is 3.27. The lowest BCUT2D eigenvalue weighted by Crippen LogP contribution is -2.37. The third-order valence-electron chi connectivity index (χ3n) is 1.86. The SMILES string of the molecule is CC[B]n1cc[n+]([BH2-]CC)c1. The van der Waals surface area contributed by atoms with Gasteiger partial charge in [-0.25, -0.2) is 0 Å². The van der Waals surface area contributed by atoms with Crippen LogP contribution in [0.4, 0.5) is 0 Å². The third kappa shape index (κ3) is 2.45. The number of rotatable bonds is 4. The predicted octanol–water partition coefficient (Wildman–Crippen LogP) is 0.0512. The van der Waals surface area contributed by atoms with Crippen LogP contribution in [0.25, 0.3) is 0 Å². The second kappa shape index (κ2) is 4.27. The molecule has 2 nitrogen and oxygen atoms in total. The summed E-state index contributed by atoms with van der Waals surface area (Å²) >= 11 is 0. The molecule has 0 amide bonds. The molecule has 0 spiro atoms. The molecular weight excluding hydrogens is 134 g/mol. The van der Waals surface area contributed by atoms with E-state index in [1.807, 2.05) is 0 Å². The highest BCUT2D eigenvalue weighted by Crippen LogP contribution is 1.82. The van der Waals surface area contributed by atoms with Gasteiger partial charge in [-0.2, -0.15) is 0 Å². The number of hydrogen-bond donors (Lipinski definition) is 0. The zero-order chi connectivity index (χ0) is 8.10. The van der Waals surface area contributed by atoms with E-state index in [-0.39, 0.29) is 7.41 Å². The van der Waals surface area contributed by atoms with E-state index in [0.717, 1.165) is 6.32 Å². The Labute approximate surface area is 69.8 Å². The van der Waals surface area contributed by atoms with Crippen LogP contribution in [0.5, 0.6) is 0 Å². The van der Waals surface area contributed by atoms with Crippen molar-refractivity contribution < 1.29 is 4.48 Å². The van der Waals surface area contributed by atoms with Crippen LogP contribution in [0.1, 0.15) is 13.8 Å². The monoisotopic (exact) mass is 149 g/mol. The predicted molar refractivity (Wildman–Crippen MR) is 50.7 cm³/mol. The normalized spacial score (nSPS) is 10.0. The maximum Gasteiger partial charge on any atom is 0.396 e. The molecule has 0 fully saturated rings. The summed E-state index contributed by atoms with van der Waals surface area (Å²) in [5, 5.41) is 0. The van der Waals surface area contributed by atoms with E-state index >= 15 is 0 Å². The lowest BCUT2D eigenvalue weighted by Gasteiger charge is -1.96. The van der Waals surface area contributed by atoms with Crippen molar-refractivity contribution in [3.63, 3.8) is 0 Å². The smallest absolute Gasteiger partial charge is 0.396 e. The molecule has 0 bridgehead atoms. The Morgan fingerprint density at radius 3 is 3.00 bits per heavy atom. The first-order valence-electron chi connectivity index (χ1n) is 4.60. The third-order valence-corrected chi connectivity index (χ3v) is 1.86. The fourth-order valence-electron chi connectivity index (χ4n) is 1.34. The summed E-state index contributed by atoms with van der Waals surface area (Å²) in [5.74, 6) is 0. The largest absolute Gasteiger partial charge is 0.443 e. The number of hydrogen-bond acceptors (Lipinski definition) is 0. The zero-order valence-electron chi connectivity index (χ0n) is 7.62. The zero-order valence-corrected chi connectivity index (χ0v) is 7.62. The Bertz CT molecular complexity index is 189. The number of nitrogens with zero attached hydrogens (tertiary/aromatic N) is 2. The minimum Gasteiger partial charge on any atom is -0.443 e. The van der Waals surface area contributed by atoms with E-state index < -0.39 is 0 Å². The van der Waals surface area contributed by atoms with Gasteiger partial charge in [0.25, 0.3) is 0 Å². The van der Waals surface area contributed by atoms with Crippen molar-refractivity contribution in [2.75, 3.05) is 0 Å². The van der Waals surface area contributed by atoms with Gasteiger partial charge in [0.2, 0.25) is 0 Å². The fourth-order valence-corrected chi connectivity index (χ4v) is 1.34. The molecule has 0 unspecified atom stereocenters. The Balaban J connectivity index is 2.51. The van der Waals surface area contributed by atoms with Crippen LogP contribution >= 0.6 is 0 Å². The highest BCUT2D eigenvalue weighted by molar-refractivity contribution is 6.33. The van der Waals surface area contributed by atoms with Crippen molar-refractivity contribution in [2.24, 2.45) is 0 Å². The van der Waals surface area contributed by atoms with E-state index in [9.17, 15) is 0 Å². The Morgan fingerprint density at radius 2 is 2.36 bits per heavy atom. The van der Waals surface area contributed by atoms with Crippen molar-refractivity contribution in [1.29, 1.82) is 0 Å². The van der Waals surface area contributed by atoms with Crippen molar-refractivity contribution in [3.05, 3.63) is 18.7 Å². The average Bonchev–Trinajstić information content (AvgIpc) is 2.38. The average molecular weight is 149 g/mol. The molecule has 0 N–H and O–H groups in total. The second-order valence-electron chi connectivity index (χ2n) is 3.14. The maximum atomic E-state index is 2.33. The summed E-state index contributed by atoms with van der Waals surface area (Å²) in [6.45, 7) is 4.40. The standard InChI is InChI=1S/C7H15B2N2/c1-3-8-10-5-6-11(7-10)9-4-2/h5-7H,3-4,8H2,1-2H3. The molecule has 0 saturated carbocycles. The van der Waals surface area contributed by atoms with E-state index in [4.69, 9.17) is 0 Å². The molecule has 0 aliphatic rings. The van der Waals surface area contributed by atoms with Crippen molar-refractivity contribution in [2.45, 2.75) is 26.5 Å². The van der Waals surface area contributed by atoms with Crippen LogP contribution in [0.3, 0.4) is 0 Å². The van der Waals surface area contributed by atoms with Crippen LogP contribution in [-0.2, 0) is 0 Å². The molecule has 0 aromatic carbocycles. The minimum atomic E-state index is 0.0924. The molecule has 0 saturated heterocycles. The van der Waals surface area contributed by atoms with Gasteiger partial charge in [-0.15, -0.1) is 6.32 Å². The highest BCUT2D eigenvalue weighted by atomic mass is 15.0. The van der Waals surface area contributed by atoms with E-state index in [1.165, 1.54) is 6.32 Å². The summed E-state index contributed by atoms with van der Waals surface area (Å²) in [7, 11) is 2.27. The number of aromatic nitrogens is 2. The van der Waals surface area contributed by atoms with Gasteiger partial charge in [0.1, 0.15) is 6.20 Å². The van der Waals surface area contributed by atoms with Gasteiger partial charge in [0, 0.05) is 0 Å². The van der Waals surface area contributed by atoms with Crippen LogP contribution in [-0.4, -0.2) is 19.3 Å². The van der Waals surface area contributed by atoms with E-state index in [2.05, 4.69) is 48.9 Å². The molecule has 59 valence electrons. The van der Waals surface area contributed by atoms with Crippen LogP contribution in [0.2, 0.25) is 12.6 Å². The van der Waals surface area contributed by atoms with Gasteiger partial charge in [0.15, 0.2) is 13.7 Å². The Morgan fingerprint density at radius 1 is 1.55 bits per heavy atom. The molecular formula is C7H15B2N2. The van der Waals surface area contributed by atoms with Gasteiger partial charge in [-0.1, -0.05) is 13.8 Å². The quantitative estimate of drug-likeness (QED) is 0.534. The summed E-state index contributed by atoms with van der Waals surface area (Å²) < 4.78 is 4.46. The topological polar surface area (TPSA) is 8.81 Å². The van der Waals surface area contributed by atoms with Crippen LogP contribution < -0.4 is 4.48 Å². The second-order valence-corrected chi connectivity index (χ2v) is 3.14. The van der Waals surface area contributed by atoms with Crippen molar-refractivity contribution in [3.8, 4) is 0 Å². The molecule has 1 aromatic heterocycles. The maximum absolute atomic E-state index is 2.33. The Hall–Kier alpha value is -0.660.